The van der Waals surface area contributed by atoms with Gasteiger partial charge in [-0.05, 0) is 24.3 Å². The minimum absolute atomic E-state index is 0.265. The minimum Gasteiger partial charge on any atom is -0.488 e. The normalized spacial score (nSPS) is 15.8. The van der Waals surface area contributed by atoms with Gasteiger partial charge in [-0.3, -0.25) is 0 Å². The third kappa shape index (κ3) is 2.91. The van der Waals surface area contributed by atoms with Crippen molar-refractivity contribution >= 4 is 0 Å². The maximum atomic E-state index is 5.57. The van der Waals surface area contributed by atoms with Gasteiger partial charge in [0.2, 0.25) is 11.8 Å². The summed E-state index contributed by atoms with van der Waals surface area (Å²) in [5.41, 5.74) is 0.862. The molecule has 0 atom stereocenters. The number of hydrogen-bond acceptors (Lipinski definition) is 6. The van der Waals surface area contributed by atoms with Crippen molar-refractivity contribution in [2.45, 2.75) is 13.2 Å². The lowest BCUT2D eigenvalue weighted by atomic mass is 10.2. The van der Waals surface area contributed by atoms with Crippen molar-refractivity contribution in [3.05, 3.63) is 30.2 Å². The molecule has 19 heavy (non-hydrogen) atoms. The van der Waals surface area contributed by atoms with Crippen LogP contribution >= 0.6 is 0 Å². The summed E-state index contributed by atoms with van der Waals surface area (Å²) in [6.45, 7) is 3.40. The number of aromatic nitrogens is 2. The van der Waals surface area contributed by atoms with E-state index in [1.165, 1.54) is 0 Å². The van der Waals surface area contributed by atoms with Crippen LogP contribution in [-0.4, -0.2) is 36.3 Å². The molecule has 1 fully saturated rings. The summed E-state index contributed by atoms with van der Waals surface area (Å²) in [6.07, 6.45) is -0.265. The average molecular weight is 262 g/mol. The molecule has 6 heteroatoms. The Morgan fingerprint density at radius 2 is 1.89 bits per heavy atom. The fourth-order valence-electron chi connectivity index (χ4n) is 1.77. The molecule has 1 aromatic carbocycles. The van der Waals surface area contributed by atoms with E-state index in [1.807, 2.05) is 24.3 Å². The Balaban J connectivity index is 1.62. The molecule has 0 aliphatic carbocycles. The van der Waals surface area contributed by atoms with Crippen LogP contribution in [0.3, 0.4) is 0 Å². The number of ether oxygens (including phenoxy) is 3. The van der Waals surface area contributed by atoms with E-state index in [9.17, 15) is 0 Å². The van der Waals surface area contributed by atoms with Gasteiger partial charge in [-0.1, -0.05) is 0 Å². The molecule has 0 radical (unpaired) electrons. The zero-order chi connectivity index (χ0) is 13.1. The Bertz CT molecular complexity index is 532. The summed E-state index contributed by atoms with van der Waals surface area (Å²) in [6, 6.07) is 7.45. The number of aryl methyl sites for hydroxylation is 1. The molecule has 1 aromatic heterocycles. The highest BCUT2D eigenvalue weighted by atomic mass is 16.7. The molecular formula is C13H14N2O4. The number of rotatable bonds is 4. The predicted octanol–water partition coefficient (Wildman–Crippen LogP) is 1.80. The van der Waals surface area contributed by atoms with Crippen LogP contribution < -0.4 is 4.74 Å². The molecule has 2 aromatic rings. The van der Waals surface area contributed by atoms with Crippen molar-refractivity contribution in [3.63, 3.8) is 0 Å². The van der Waals surface area contributed by atoms with Gasteiger partial charge < -0.3 is 18.6 Å². The molecule has 100 valence electrons. The Morgan fingerprint density at radius 1 is 1.16 bits per heavy atom. The van der Waals surface area contributed by atoms with Gasteiger partial charge in [0.25, 0.3) is 0 Å². The van der Waals surface area contributed by atoms with E-state index >= 15 is 0 Å². The van der Waals surface area contributed by atoms with Gasteiger partial charge in [0.1, 0.15) is 12.4 Å². The number of nitrogens with zero attached hydrogens (tertiary/aromatic N) is 2. The van der Waals surface area contributed by atoms with E-state index in [0.717, 1.165) is 11.3 Å². The predicted molar refractivity (Wildman–Crippen MR) is 65.7 cm³/mol. The molecule has 0 unspecified atom stereocenters. The highest BCUT2D eigenvalue weighted by molar-refractivity contribution is 5.53. The fourth-order valence-corrected chi connectivity index (χ4v) is 1.77. The highest BCUT2D eigenvalue weighted by Gasteiger charge is 2.16. The lowest BCUT2D eigenvalue weighted by Crippen LogP contribution is -2.18. The summed E-state index contributed by atoms with van der Waals surface area (Å²) < 4.78 is 21.5. The van der Waals surface area contributed by atoms with E-state index in [2.05, 4.69) is 10.2 Å². The van der Waals surface area contributed by atoms with Crippen molar-refractivity contribution in [2.75, 3.05) is 19.8 Å². The van der Waals surface area contributed by atoms with E-state index in [1.54, 1.807) is 6.92 Å². The molecule has 2 heterocycles. The van der Waals surface area contributed by atoms with Gasteiger partial charge in [0.15, 0.2) is 6.29 Å². The third-order valence-electron chi connectivity index (χ3n) is 2.70. The SMILES string of the molecule is Cc1nnc(-c2ccc(OCC3OCCO3)cc2)o1. The zero-order valence-electron chi connectivity index (χ0n) is 10.5. The molecule has 1 saturated heterocycles. The smallest absolute Gasteiger partial charge is 0.247 e. The molecule has 3 rings (SSSR count). The third-order valence-corrected chi connectivity index (χ3v) is 2.70. The Hall–Kier alpha value is -1.92. The first kappa shape index (κ1) is 12.1. The largest absolute Gasteiger partial charge is 0.488 e. The van der Waals surface area contributed by atoms with Crippen LogP contribution in [0.25, 0.3) is 11.5 Å². The molecule has 1 aliphatic heterocycles. The zero-order valence-corrected chi connectivity index (χ0v) is 10.5. The lowest BCUT2D eigenvalue weighted by molar-refractivity contribution is -0.0684. The molecular weight excluding hydrogens is 248 g/mol. The van der Waals surface area contributed by atoms with E-state index in [4.69, 9.17) is 18.6 Å². The Kier molecular flexibility index (Phi) is 3.43. The van der Waals surface area contributed by atoms with Crippen LogP contribution in [0, 0.1) is 6.92 Å². The van der Waals surface area contributed by atoms with Gasteiger partial charge in [0.05, 0.1) is 13.2 Å². The van der Waals surface area contributed by atoms with Crippen molar-refractivity contribution in [2.24, 2.45) is 0 Å². The van der Waals surface area contributed by atoms with Gasteiger partial charge in [-0.2, -0.15) is 0 Å². The molecule has 0 bridgehead atoms. The van der Waals surface area contributed by atoms with Crippen LogP contribution in [0.4, 0.5) is 0 Å². The van der Waals surface area contributed by atoms with E-state index in [-0.39, 0.29) is 6.29 Å². The van der Waals surface area contributed by atoms with E-state index in [0.29, 0.717) is 31.6 Å². The highest BCUT2D eigenvalue weighted by Crippen LogP contribution is 2.21. The summed E-state index contributed by atoms with van der Waals surface area (Å²) in [5, 5.41) is 7.75. The van der Waals surface area contributed by atoms with Crippen molar-refractivity contribution < 1.29 is 18.6 Å². The van der Waals surface area contributed by atoms with Crippen molar-refractivity contribution in [3.8, 4) is 17.2 Å². The second kappa shape index (κ2) is 5.38. The van der Waals surface area contributed by atoms with Gasteiger partial charge in [-0.25, -0.2) is 0 Å². The van der Waals surface area contributed by atoms with Gasteiger partial charge >= 0.3 is 0 Å². The van der Waals surface area contributed by atoms with E-state index < -0.39 is 0 Å². The van der Waals surface area contributed by atoms with Crippen LogP contribution in [0.15, 0.2) is 28.7 Å². The molecule has 1 aliphatic rings. The van der Waals surface area contributed by atoms with Crippen LogP contribution in [0.5, 0.6) is 5.75 Å². The molecule has 6 nitrogen and oxygen atoms in total. The van der Waals surface area contributed by atoms with Crippen LogP contribution in [0.1, 0.15) is 5.89 Å². The van der Waals surface area contributed by atoms with Crippen molar-refractivity contribution in [1.29, 1.82) is 0 Å². The first-order valence-electron chi connectivity index (χ1n) is 6.08. The average Bonchev–Trinajstić information content (AvgIpc) is 3.08. The number of benzene rings is 1. The Morgan fingerprint density at radius 3 is 2.53 bits per heavy atom. The fraction of sp³-hybridized carbons (Fsp3) is 0.385. The first-order valence-corrected chi connectivity index (χ1v) is 6.08. The molecule has 0 saturated carbocycles. The van der Waals surface area contributed by atoms with Crippen molar-refractivity contribution in [1.82, 2.24) is 10.2 Å². The van der Waals surface area contributed by atoms with Crippen LogP contribution in [0.2, 0.25) is 0 Å². The molecule has 0 amide bonds. The number of hydrogen-bond donors (Lipinski definition) is 0. The first-order chi connectivity index (χ1) is 9.31. The summed E-state index contributed by atoms with van der Waals surface area (Å²) in [4.78, 5) is 0. The summed E-state index contributed by atoms with van der Waals surface area (Å²) in [7, 11) is 0. The maximum absolute atomic E-state index is 5.57. The summed E-state index contributed by atoms with van der Waals surface area (Å²) in [5.74, 6) is 1.80. The topological polar surface area (TPSA) is 66.6 Å². The quantitative estimate of drug-likeness (QED) is 0.837. The molecule has 0 spiro atoms. The monoisotopic (exact) mass is 262 g/mol. The Labute approximate surface area is 110 Å². The summed E-state index contributed by atoms with van der Waals surface area (Å²) >= 11 is 0. The maximum Gasteiger partial charge on any atom is 0.247 e. The lowest BCUT2D eigenvalue weighted by Gasteiger charge is -2.10. The minimum atomic E-state index is -0.265. The van der Waals surface area contributed by atoms with Gasteiger partial charge in [-0.15, -0.1) is 10.2 Å². The molecule has 0 N–H and O–H groups in total. The van der Waals surface area contributed by atoms with Crippen LogP contribution in [-0.2, 0) is 9.47 Å². The second-order valence-corrected chi connectivity index (χ2v) is 4.13. The van der Waals surface area contributed by atoms with Gasteiger partial charge in [0, 0.05) is 12.5 Å². The standard InChI is InChI=1S/C13H14N2O4/c1-9-14-15-13(19-9)10-2-4-11(5-3-10)18-8-12-16-6-7-17-12/h2-5,12H,6-8H2,1H3. The second-order valence-electron chi connectivity index (χ2n) is 4.13.